The van der Waals surface area contributed by atoms with Crippen LogP contribution in [0.15, 0.2) is 127 Å². The normalized spacial score (nSPS) is 11.9. The van der Waals surface area contributed by atoms with Crippen LogP contribution in [0.2, 0.25) is 0 Å². The van der Waals surface area contributed by atoms with Gasteiger partial charge in [-0.2, -0.15) is 4.57 Å². The summed E-state index contributed by atoms with van der Waals surface area (Å²) in [7, 11) is 0. The van der Waals surface area contributed by atoms with Gasteiger partial charge in [0.2, 0.25) is 0 Å². The van der Waals surface area contributed by atoms with Gasteiger partial charge in [0.25, 0.3) is 5.82 Å². The van der Waals surface area contributed by atoms with Crippen LogP contribution in [0.3, 0.4) is 0 Å². The van der Waals surface area contributed by atoms with Gasteiger partial charge in [-0.1, -0.05) is 105 Å². The number of rotatable bonds is 5. The van der Waals surface area contributed by atoms with Crippen LogP contribution in [-0.2, 0) is 12.1 Å². The summed E-state index contributed by atoms with van der Waals surface area (Å²) in [6.45, 7) is 9.51. The molecule has 0 aliphatic heterocycles. The molecule has 4 heteroatoms. The van der Waals surface area contributed by atoms with Crippen molar-refractivity contribution in [2.75, 3.05) is 0 Å². The number of hydrogen-bond acceptors (Lipinski definition) is 1. The van der Waals surface area contributed by atoms with Crippen molar-refractivity contribution < 1.29 is 4.57 Å². The summed E-state index contributed by atoms with van der Waals surface area (Å²) in [5, 5.41) is 0. The number of aryl methyl sites for hydroxylation is 1. The second kappa shape index (κ2) is 10.1. The summed E-state index contributed by atoms with van der Waals surface area (Å²) in [4.78, 5) is 5.17. The van der Waals surface area contributed by atoms with Crippen molar-refractivity contribution in [1.82, 2.24) is 14.1 Å². The molecule has 0 atom stereocenters. The van der Waals surface area contributed by atoms with Gasteiger partial charge < -0.3 is 0 Å². The highest BCUT2D eigenvalue weighted by Gasteiger charge is 2.29. The molecule has 0 amide bonds. The first-order valence-electron chi connectivity index (χ1n) is 14.6. The van der Waals surface area contributed by atoms with E-state index in [1.54, 1.807) is 0 Å². The van der Waals surface area contributed by atoms with E-state index in [1.807, 2.05) is 0 Å². The standard InChI is InChI=1S/C38H35N4/c1-27-18-20-29(21-19-27)37-41(34-16-10-11-17-35(34)42(37)31-12-6-5-7-13-31)26-40-33-15-9-8-14-32(33)39-36(40)28-22-24-30(25-23-28)38(2,3)4/h5-25H,26H2,1-4H3/q+1. The van der Waals surface area contributed by atoms with Crippen molar-refractivity contribution in [2.45, 2.75) is 39.8 Å². The minimum absolute atomic E-state index is 0.0940. The number of benzene rings is 5. The highest BCUT2D eigenvalue weighted by molar-refractivity contribution is 5.81. The largest absolute Gasteiger partial charge is 0.296 e. The summed E-state index contributed by atoms with van der Waals surface area (Å²) in [5.41, 5.74) is 10.5. The van der Waals surface area contributed by atoms with E-state index in [1.165, 1.54) is 27.7 Å². The average Bonchev–Trinajstić information content (AvgIpc) is 3.54. The Morgan fingerprint density at radius 2 is 1.26 bits per heavy atom. The Balaban J connectivity index is 1.49. The average molecular weight is 548 g/mol. The lowest BCUT2D eigenvalue weighted by Gasteiger charge is -2.19. The summed E-state index contributed by atoms with van der Waals surface area (Å²) in [5.74, 6) is 2.10. The third kappa shape index (κ3) is 4.50. The SMILES string of the molecule is Cc1ccc(-c2n(-c3ccccc3)c3ccccc3[n+]2Cn2c(-c3ccc(C(C)(C)C)cc3)nc3ccccc32)cc1. The molecule has 0 fully saturated rings. The highest BCUT2D eigenvalue weighted by atomic mass is 15.3. The monoisotopic (exact) mass is 547 g/mol. The zero-order chi connectivity index (χ0) is 28.8. The smallest absolute Gasteiger partial charge is 0.286 e. The lowest BCUT2D eigenvalue weighted by molar-refractivity contribution is -0.664. The predicted molar refractivity (Wildman–Crippen MR) is 173 cm³/mol. The summed E-state index contributed by atoms with van der Waals surface area (Å²) in [6, 6.07) is 45.6. The van der Waals surface area contributed by atoms with Crippen molar-refractivity contribution in [2.24, 2.45) is 0 Å². The van der Waals surface area contributed by atoms with Gasteiger partial charge in [0.05, 0.1) is 16.6 Å². The molecular weight excluding hydrogens is 512 g/mol. The van der Waals surface area contributed by atoms with Crippen LogP contribution >= 0.6 is 0 Å². The maximum atomic E-state index is 5.17. The molecule has 206 valence electrons. The van der Waals surface area contributed by atoms with Crippen LogP contribution in [0.1, 0.15) is 31.9 Å². The molecule has 0 bridgehead atoms. The first-order valence-corrected chi connectivity index (χ1v) is 14.6. The number of aromatic nitrogens is 4. The number of fused-ring (bicyclic) bond motifs is 2. The van der Waals surface area contributed by atoms with Crippen molar-refractivity contribution in [3.8, 4) is 28.5 Å². The Morgan fingerprint density at radius 3 is 1.98 bits per heavy atom. The highest BCUT2D eigenvalue weighted by Crippen LogP contribution is 2.31. The molecule has 0 spiro atoms. The molecule has 7 aromatic rings. The molecule has 0 radical (unpaired) electrons. The minimum Gasteiger partial charge on any atom is -0.286 e. The molecule has 2 aromatic heterocycles. The fourth-order valence-corrected chi connectivity index (χ4v) is 5.90. The molecule has 4 nitrogen and oxygen atoms in total. The van der Waals surface area contributed by atoms with E-state index in [0.717, 1.165) is 33.9 Å². The number of hydrogen-bond donors (Lipinski definition) is 0. The van der Waals surface area contributed by atoms with Crippen LogP contribution in [0.25, 0.3) is 50.5 Å². The van der Waals surface area contributed by atoms with Crippen LogP contribution in [0, 0.1) is 6.92 Å². The topological polar surface area (TPSA) is 26.6 Å². The van der Waals surface area contributed by atoms with E-state index < -0.39 is 0 Å². The fraction of sp³-hybridized carbons (Fsp3) is 0.158. The number of nitrogens with zero attached hydrogens (tertiary/aromatic N) is 4. The van der Waals surface area contributed by atoms with Crippen LogP contribution in [-0.4, -0.2) is 14.1 Å². The van der Waals surface area contributed by atoms with Crippen molar-refractivity contribution >= 4 is 22.1 Å². The van der Waals surface area contributed by atoms with Gasteiger partial charge in [-0.25, -0.2) is 9.55 Å². The van der Waals surface area contributed by atoms with Crippen LogP contribution in [0.4, 0.5) is 0 Å². The second-order valence-electron chi connectivity index (χ2n) is 12.1. The first-order chi connectivity index (χ1) is 20.4. The van der Waals surface area contributed by atoms with Gasteiger partial charge in [0.15, 0.2) is 17.7 Å². The summed E-state index contributed by atoms with van der Waals surface area (Å²) < 4.78 is 7.19. The minimum atomic E-state index is 0.0940. The Kier molecular flexibility index (Phi) is 6.27. The predicted octanol–water partition coefficient (Wildman–Crippen LogP) is 8.71. The molecule has 2 heterocycles. The molecule has 5 aromatic carbocycles. The van der Waals surface area contributed by atoms with Gasteiger partial charge in [0, 0.05) is 5.56 Å². The molecule has 7 rings (SSSR count). The lowest BCUT2D eigenvalue weighted by atomic mass is 9.87. The Hall–Kier alpha value is -4.96. The van der Waals surface area contributed by atoms with Crippen molar-refractivity contribution in [1.29, 1.82) is 0 Å². The van der Waals surface area contributed by atoms with E-state index in [0.29, 0.717) is 6.67 Å². The van der Waals surface area contributed by atoms with Gasteiger partial charge in [-0.3, -0.25) is 4.57 Å². The van der Waals surface area contributed by atoms with E-state index in [-0.39, 0.29) is 5.41 Å². The Morgan fingerprint density at radius 1 is 0.643 bits per heavy atom. The van der Waals surface area contributed by atoms with Gasteiger partial charge in [-0.05, 0) is 66.4 Å². The van der Waals surface area contributed by atoms with Crippen LogP contribution < -0.4 is 4.57 Å². The number of para-hydroxylation sites is 5. The van der Waals surface area contributed by atoms with Crippen molar-refractivity contribution in [3.05, 3.63) is 139 Å². The van der Waals surface area contributed by atoms with E-state index in [2.05, 4.69) is 169 Å². The maximum Gasteiger partial charge on any atom is 0.296 e. The number of imidazole rings is 2. The summed E-state index contributed by atoms with van der Waals surface area (Å²) >= 11 is 0. The molecule has 0 aliphatic rings. The first kappa shape index (κ1) is 26.0. The van der Waals surface area contributed by atoms with Crippen molar-refractivity contribution in [3.63, 3.8) is 0 Å². The Labute approximate surface area is 247 Å². The molecule has 42 heavy (non-hydrogen) atoms. The maximum absolute atomic E-state index is 5.17. The molecule has 0 unspecified atom stereocenters. The second-order valence-corrected chi connectivity index (χ2v) is 12.1. The summed E-state index contributed by atoms with van der Waals surface area (Å²) in [6.07, 6.45) is 0. The van der Waals surface area contributed by atoms with Crippen LogP contribution in [0.5, 0.6) is 0 Å². The van der Waals surface area contributed by atoms with Gasteiger partial charge in [0.1, 0.15) is 11.5 Å². The lowest BCUT2D eigenvalue weighted by Crippen LogP contribution is -2.39. The van der Waals surface area contributed by atoms with E-state index >= 15 is 0 Å². The van der Waals surface area contributed by atoms with Gasteiger partial charge >= 0.3 is 0 Å². The Bertz CT molecular complexity index is 2020. The molecule has 0 saturated carbocycles. The molecule has 0 N–H and O–H groups in total. The third-order valence-corrected chi connectivity index (χ3v) is 8.15. The quantitative estimate of drug-likeness (QED) is 0.198. The molecule has 0 aliphatic carbocycles. The zero-order valence-electron chi connectivity index (χ0n) is 24.6. The molecule has 0 saturated heterocycles. The fourth-order valence-electron chi connectivity index (χ4n) is 5.90. The van der Waals surface area contributed by atoms with Gasteiger partial charge in [-0.15, -0.1) is 0 Å². The molecular formula is C38H35N4+. The zero-order valence-corrected chi connectivity index (χ0v) is 24.6. The van der Waals surface area contributed by atoms with E-state index in [4.69, 9.17) is 4.98 Å². The third-order valence-electron chi connectivity index (χ3n) is 8.15. The van der Waals surface area contributed by atoms with E-state index in [9.17, 15) is 0 Å².